The predicted molar refractivity (Wildman–Crippen MR) is 110 cm³/mol. The number of hydrogen-bond donors (Lipinski definition) is 1. The molecule has 0 heterocycles. The molecule has 0 fully saturated rings. The van der Waals surface area contributed by atoms with Gasteiger partial charge in [-0.2, -0.15) is 0 Å². The summed E-state index contributed by atoms with van der Waals surface area (Å²) in [4.78, 5) is 0. The minimum Gasteiger partial charge on any atom is -1.00 e. The summed E-state index contributed by atoms with van der Waals surface area (Å²) in [7, 11) is 0. The Morgan fingerprint density at radius 3 is 2.14 bits per heavy atom. The molecule has 0 radical (unpaired) electrons. The van der Waals surface area contributed by atoms with Crippen LogP contribution < -0.4 is 27.2 Å². The SMILES string of the molecule is CCOc1cc(CNCc2ccccc2)ccc1OCc1ccc(Cl)cc1.[Cl-]. The quantitative estimate of drug-likeness (QED) is 0.581. The number of halogens is 2. The van der Waals surface area contributed by atoms with Crippen LogP contribution in [0.15, 0.2) is 72.8 Å². The third kappa shape index (κ3) is 6.75. The van der Waals surface area contributed by atoms with Crippen LogP contribution in [0.4, 0.5) is 0 Å². The number of hydrogen-bond acceptors (Lipinski definition) is 3. The second-order valence-electron chi connectivity index (χ2n) is 6.22. The first-order chi connectivity index (χ1) is 13.2. The molecule has 0 bridgehead atoms. The van der Waals surface area contributed by atoms with Crippen LogP contribution in [-0.4, -0.2) is 6.61 Å². The van der Waals surface area contributed by atoms with Gasteiger partial charge in [0.2, 0.25) is 0 Å². The summed E-state index contributed by atoms with van der Waals surface area (Å²) in [6.45, 7) is 4.65. The van der Waals surface area contributed by atoms with Crippen LogP contribution >= 0.6 is 11.6 Å². The van der Waals surface area contributed by atoms with Gasteiger partial charge in [0.1, 0.15) is 6.61 Å². The Kier molecular flexibility index (Phi) is 9.15. The van der Waals surface area contributed by atoms with E-state index in [0.29, 0.717) is 13.2 Å². The smallest absolute Gasteiger partial charge is 0.161 e. The van der Waals surface area contributed by atoms with Crippen molar-refractivity contribution in [1.29, 1.82) is 0 Å². The first kappa shape index (κ1) is 22.1. The van der Waals surface area contributed by atoms with E-state index in [0.717, 1.165) is 40.7 Å². The Morgan fingerprint density at radius 1 is 0.750 bits per heavy atom. The molecular formula is C23H24Cl2NO2-. The van der Waals surface area contributed by atoms with E-state index in [1.165, 1.54) is 5.56 Å². The maximum absolute atomic E-state index is 5.96. The molecule has 0 saturated heterocycles. The van der Waals surface area contributed by atoms with E-state index >= 15 is 0 Å². The zero-order valence-corrected chi connectivity index (χ0v) is 17.3. The van der Waals surface area contributed by atoms with Gasteiger partial charge in [-0.15, -0.1) is 0 Å². The number of benzene rings is 3. The van der Waals surface area contributed by atoms with Gasteiger partial charge in [0.15, 0.2) is 11.5 Å². The largest absolute Gasteiger partial charge is 1.00 e. The molecule has 0 unspecified atom stereocenters. The van der Waals surface area contributed by atoms with Gasteiger partial charge in [-0.25, -0.2) is 0 Å². The van der Waals surface area contributed by atoms with Crippen LogP contribution in [0.1, 0.15) is 23.6 Å². The van der Waals surface area contributed by atoms with Crippen molar-refractivity contribution in [3.63, 3.8) is 0 Å². The minimum absolute atomic E-state index is 0. The highest BCUT2D eigenvalue weighted by Gasteiger charge is 2.07. The Hall–Kier alpha value is -2.20. The summed E-state index contributed by atoms with van der Waals surface area (Å²) < 4.78 is 11.7. The molecule has 3 aromatic carbocycles. The molecule has 0 aliphatic rings. The molecule has 5 heteroatoms. The lowest BCUT2D eigenvalue weighted by molar-refractivity contribution is -0.00000617. The molecule has 3 nitrogen and oxygen atoms in total. The van der Waals surface area contributed by atoms with Crippen LogP contribution in [0.25, 0.3) is 0 Å². The zero-order chi connectivity index (χ0) is 18.9. The van der Waals surface area contributed by atoms with Crippen molar-refractivity contribution >= 4 is 11.6 Å². The first-order valence-electron chi connectivity index (χ1n) is 9.12. The van der Waals surface area contributed by atoms with Crippen molar-refractivity contribution in [3.05, 3.63) is 94.5 Å². The minimum atomic E-state index is 0. The van der Waals surface area contributed by atoms with E-state index in [4.69, 9.17) is 21.1 Å². The van der Waals surface area contributed by atoms with Gasteiger partial charge in [-0.3, -0.25) is 0 Å². The van der Waals surface area contributed by atoms with Crippen molar-refractivity contribution < 1.29 is 21.9 Å². The zero-order valence-electron chi connectivity index (χ0n) is 15.8. The molecule has 28 heavy (non-hydrogen) atoms. The molecule has 0 aliphatic heterocycles. The van der Waals surface area contributed by atoms with E-state index in [1.54, 1.807) is 0 Å². The van der Waals surface area contributed by atoms with Crippen molar-refractivity contribution in [2.24, 2.45) is 0 Å². The maximum atomic E-state index is 5.96. The molecule has 0 spiro atoms. The average Bonchev–Trinajstić information content (AvgIpc) is 2.70. The van der Waals surface area contributed by atoms with E-state index in [2.05, 4.69) is 35.6 Å². The van der Waals surface area contributed by atoms with E-state index in [-0.39, 0.29) is 12.4 Å². The summed E-state index contributed by atoms with van der Waals surface area (Å²) >= 11 is 5.93. The summed E-state index contributed by atoms with van der Waals surface area (Å²) in [5, 5.41) is 4.18. The summed E-state index contributed by atoms with van der Waals surface area (Å²) in [5.74, 6) is 1.52. The molecule has 0 saturated carbocycles. The lowest BCUT2D eigenvalue weighted by Crippen LogP contribution is -3.00. The topological polar surface area (TPSA) is 30.5 Å². The van der Waals surface area contributed by atoms with Crippen LogP contribution in [0.2, 0.25) is 5.02 Å². The average molecular weight is 417 g/mol. The highest BCUT2D eigenvalue weighted by atomic mass is 35.5. The molecule has 1 N–H and O–H groups in total. The van der Waals surface area contributed by atoms with Crippen LogP contribution in [0.3, 0.4) is 0 Å². The van der Waals surface area contributed by atoms with E-state index < -0.39 is 0 Å². The maximum Gasteiger partial charge on any atom is 0.161 e. The highest BCUT2D eigenvalue weighted by Crippen LogP contribution is 2.29. The van der Waals surface area contributed by atoms with Crippen molar-refractivity contribution in [2.75, 3.05) is 6.61 Å². The van der Waals surface area contributed by atoms with Gasteiger partial charge in [0.25, 0.3) is 0 Å². The molecule has 0 aromatic heterocycles. The van der Waals surface area contributed by atoms with Crippen molar-refractivity contribution in [2.45, 2.75) is 26.6 Å². The van der Waals surface area contributed by atoms with E-state index in [9.17, 15) is 0 Å². The summed E-state index contributed by atoms with van der Waals surface area (Å²) in [6.07, 6.45) is 0. The summed E-state index contributed by atoms with van der Waals surface area (Å²) in [6, 6.07) is 24.1. The second kappa shape index (κ2) is 11.6. The normalized spacial score (nSPS) is 10.2. The van der Waals surface area contributed by atoms with Gasteiger partial charge in [0.05, 0.1) is 6.61 Å². The Morgan fingerprint density at radius 2 is 1.43 bits per heavy atom. The molecule has 0 aliphatic carbocycles. The molecule has 0 amide bonds. The molecule has 3 rings (SSSR count). The third-order valence-corrected chi connectivity index (χ3v) is 4.37. The molecule has 148 valence electrons. The van der Waals surface area contributed by atoms with Gasteiger partial charge >= 0.3 is 0 Å². The summed E-state index contributed by atoms with van der Waals surface area (Å²) in [5.41, 5.74) is 3.49. The number of nitrogens with one attached hydrogen (secondary N) is 1. The van der Waals surface area contributed by atoms with Gasteiger partial charge in [-0.05, 0) is 47.9 Å². The Labute approximate surface area is 178 Å². The monoisotopic (exact) mass is 416 g/mol. The van der Waals surface area contributed by atoms with Crippen molar-refractivity contribution in [1.82, 2.24) is 5.32 Å². The van der Waals surface area contributed by atoms with Crippen LogP contribution in [-0.2, 0) is 19.7 Å². The standard InChI is InChI=1S/C23H24ClNO2.ClH/c1-2-26-23-14-20(16-25-15-18-6-4-3-5-7-18)10-13-22(23)27-17-19-8-11-21(24)12-9-19;/h3-14,25H,2,15-17H2,1H3;1H/p-1. The molecule has 3 aromatic rings. The Bertz CT molecular complexity index is 839. The van der Waals surface area contributed by atoms with Crippen LogP contribution in [0, 0.1) is 0 Å². The number of ether oxygens (including phenoxy) is 2. The Balaban J connectivity index is 0.00000280. The lowest BCUT2D eigenvalue weighted by Gasteiger charge is -2.14. The lowest BCUT2D eigenvalue weighted by atomic mass is 10.2. The highest BCUT2D eigenvalue weighted by molar-refractivity contribution is 6.30. The first-order valence-corrected chi connectivity index (χ1v) is 9.50. The van der Waals surface area contributed by atoms with E-state index in [1.807, 2.05) is 49.4 Å². The number of rotatable bonds is 9. The van der Waals surface area contributed by atoms with Gasteiger partial charge in [-0.1, -0.05) is 60.1 Å². The third-order valence-electron chi connectivity index (χ3n) is 4.12. The fraction of sp³-hybridized carbons (Fsp3) is 0.217. The van der Waals surface area contributed by atoms with Gasteiger partial charge in [0, 0.05) is 18.1 Å². The van der Waals surface area contributed by atoms with Crippen LogP contribution in [0.5, 0.6) is 11.5 Å². The van der Waals surface area contributed by atoms with Crippen molar-refractivity contribution in [3.8, 4) is 11.5 Å². The molecular weight excluding hydrogens is 393 g/mol. The fourth-order valence-corrected chi connectivity index (χ4v) is 2.86. The molecule has 0 atom stereocenters. The second-order valence-corrected chi connectivity index (χ2v) is 6.65. The van der Waals surface area contributed by atoms with Gasteiger partial charge < -0.3 is 27.2 Å². The fourth-order valence-electron chi connectivity index (χ4n) is 2.74. The predicted octanol–water partition coefficient (Wildman–Crippen LogP) is 2.61.